The zero-order valence-electron chi connectivity index (χ0n) is 6.40. The Morgan fingerprint density at radius 1 is 1.20 bits per heavy atom. The fourth-order valence-corrected chi connectivity index (χ4v) is 3.43. The highest BCUT2D eigenvalue weighted by Crippen LogP contribution is 2.79. The van der Waals surface area contributed by atoms with Crippen LogP contribution in [0.2, 0.25) is 0 Å². The molecule has 4 fully saturated rings. The summed E-state index contributed by atoms with van der Waals surface area (Å²) in [6, 6.07) is 0. The van der Waals surface area contributed by atoms with Gasteiger partial charge >= 0.3 is 0 Å². The molecule has 10 heavy (non-hydrogen) atoms. The standard InChI is InChI=1S/C9H15N/c10-6-8-3-9(4-8,5-8)7-1-2-7/h7H,1-6,10H2. The summed E-state index contributed by atoms with van der Waals surface area (Å²) >= 11 is 0. The van der Waals surface area contributed by atoms with Crippen molar-refractivity contribution in [2.75, 3.05) is 6.54 Å². The Labute approximate surface area is 62.0 Å². The van der Waals surface area contributed by atoms with Crippen LogP contribution in [-0.2, 0) is 0 Å². The lowest BCUT2D eigenvalue weighted by atomic mass is 9.33. The minimum atomic E-state index is 0.669. The second kappa shape index (κ2) is 1.29. The van der Waals surface area contributed by atoms with Crippen molar-refractivity contribution in [3.05, 3.63) is 0 Å². The molecule has 1 nitrogen and oxygen atoms in total. The number of nitrogens with two attached hydrogens (primary N) is 1. The van der Waals surface area contributed by atoms with Crippen LogP contribution in [0.3, 0.4) is 0 Å². The van der Waals surface area contributed by atoms with E-state index in [1.165, 1.54) is 32.1 Å². The van der Waals surface area contributed by atoms with Gasteiger partial charge in [-0.25, -0.2) is 0 Å². The van der Waals surface area contributed by atoms with E-state index in [9.17, 15) is 0 Å². The Bertz CT molecular complexity index is 161. The highest BCUT2D eigenvalue weighted by Gasteiger charge is 2.70. The Hall–Kier alpha value is -0.0400. The number of rotatable bonds is 2. The lowest BCUT2D eigenvalue weighted by molar-refractivity contribution is -0.209. The van der Waals surface area contributed by atoms with E-state index in [0.29, 0.717) is 5.41 Å². The average Bonchev–Trinajstić information content (AvgIpc) is 2.42. The first-order chi connectivity index (χ1) is 4.79. The first-order valence-corrected chi connectivity index (χ1v) is 4.49. The van der Waals surface area contributed by atoms with Gasteiger partial charge in [-0.2, -0.15) is 0 Å². The second-order valence-electron chi connectivity index (χ2n) is 4.87. The van der Waals surface area contributed by atoms with Crippen LogP contribution < -0.4 is 5.73 Å². The molecule has 56 valence electrons. The van der Waals surface area contributed by atoms with Crippen molar-refractivity contribution < 1.29 is 0 Å². The maximum atomic E-state index is 5.69. The summed E-state index contributed by atoms with van der Waals surface area (Å²) in [6.07, 6.45) is 7.52. The molecule has 0 amide bonds. The summed E-state index contributed by atoms with van der Waals surface area (Å²) in [4.78, 5) is 0. The zero-order chi connectivity index (χ0) is 6.82. The smallest absolute Gasteiger partial charge is 0.00199 e. The normalized spacial score (nSPS) is 57.3. The van der Waals surface area contributed by atoms with Crippen molar-refractivity contribution >= 4 is 0 Å². The molecule has 4 saturated carbocycles. The molecule has 4 rings (SSSR count). The summed E-state index contributed by atoms with van der Waals surface area (Å²) in [5.41, 5.74) is 7.22. The van der Waals surface area contributed by atoms with Crippen LogP contribution in [0.5, 0.6) is 0 Å². The van der Waals surface area contributed by atoms with E-state index in [-0.39, 0.29) is 0 Å². The molecule has 0 aromatic rings. The van der Waals surface area contributed by atoms with Crippen molar-refractivity contribution in [1.29, 1.82) is 0 Å². The van der Waals surface area contributed by atoms with Crippen molar-refractivity contribution in [1.82, 2.24) is 0 Å². The highest BCUT2D eigenvalue weighted by atomic mass is 14.8. The topological polar surface area (TPSA) is 26.0 Å². The van der Waals surface area contributed by atoms with E-state index in [0.717, 1.165) is 17.9 Å². The molecule has 0 saturated heterocycles. The van der Waals surface area contributed by atoms with Crippen molar-refractivity contribution in [3.8, 4) is 0 Å². The quantitative estimate of drug-likeness (QED) is 0.613. The summed E-state index contributed by atoms with van der Waals surface area (Å²) in [5.74, 6) is 1.14. The van der Waals surface area contributed by atoms with E-state index in [2.05, 4.69) is 0 Å². The minimum Gasteiger partial charge on any atom is -0.330 e. The third kappa shape index (κ3) is 0.430. The molecule has 4 aliphatic rings. The largest absolute Gasteiger partial charge is 0.330 e. The Kier molecular flexibility index (Phi) is 0.722. The molecule has 0 heterocycles. The van der Waals surface area contributed by atoms with Gasteiger partial charge in [-0.3, -0.25) is 0 Å². The van der Waals surface area contributed by atoms with Crippen LogP contribution in [-0.4, -0.2) is 6.54 Å². The number of hydrogen-bond acceptors (Lipinski definition) is 1. The maximum absolute atomic E-state index is 5.69. The van der Waals surface area contributed by atoms with Gasteiger partial charge in [0.15, 0.2) is 0 Å². The molecular formula is C9H15N. The van der Waals surface area contributed by atoms with E-state index >= 15 is 0 Å². The van der Waals surface area contributed by atoms with E-state index in [4.69, 9.17) is 5.73 Å². The van der Waals surface area contributed by atoms with Crippen LogP contribution in [0, 0.1) is 16.7 Å². The molecule has 0 aromatic carbocycles. The van der Waals surface area contributed by atoms with Gasteiger partial charge in [-0.05, 0) is 55.4 Å². The monoisotopic (exact) mass is 137 g/mol. The third-order valence-electron chi connectivity index (χ3n) is 4.06. The molecule has 4 aliphatic carbocycles. The maximum Gasteiger partial charge on any atom is -0.00199 e. The van der Waals surface area contributed by atoms with Gasteiger partial charge in [0, 0.05) is 0 Å². The zero-order valence-corrected chi connectivity index (χ0v) is 6.40. The highest BCUT2D eigenvalue weighted by molar-refractivity contribution is 5.21. The predicted octanol–water partition coefficient (Wildman–Crippen LogP) is 1.53. The molecular weight excluding hydrogens is 122 g/mol. The molecule has 0 aromatic heterocycles. The molecule has 0 unspecified atom stereocenters. The van der Waals surface area contributed by atoms with E-state index < -0.39 is 0 Å². The summed E-state index contributed by atoms with van der Waals surface area (Å²) < 4.78 is 0. The van der Waals surface area contributed by atoms with Crippen LogP contribution in [0.15, 0.2) is 0 Å². The first kappa shape index (κ1) is 5.59. The molecule has 2 N–H and O–H groups in total. The van der Waals surface area contributed by atoms with Gasteiger partial charge in [0.2, 0.25) is 0 Å². The third-order valence-corrected chi connectivity index (χ3v) is 4.06. The van der Waals surface area contributed by atoms with Crippen LogP contribution in [0.1, 0.15) is 32.1 Å². The summed E-state index contributed by atoms with van der Waals surface area (Å²) in [5, 5.41) is 0. The molecule has 0 atom stereocenters. The van der Waals surface area contributed by atoms with Crippen molar-refractivity contribution in [3.63, 3.8) is 0 Å². The Balaban J connectivity index is 1.73. The Morgan fingerprint density at radius 2 is 1.80 bits per heavy atom. The van der Waals surface area contributed by atoms with Gasteiger partial charge in [0.1, 0.15) is 0 Å². The number of hydrogen-bond donors (Lipinski definition) is 1. The van der Waals surface area contributed by atoms with Gasteiger partial charge < -0.3 is 5.73 Å². The molecule has 0 spiro atoms. The van der Waals surface area contributed by atoms with Gasteiger partial charge in [0.05, 0.1) is 0 Å². The van der Waals surface area contributed by atoms with Crippen molar-refractivity contribution in [2.45, 2.75) is 32.1 Å². The van der Waals surface area contributed by atoms with Gasteiger partial charge in [-0.15, -0.1) is 0 Å². The predicted molar refractivity (Wildman–Crippen MR) is 40.5 cm³/mol. The summed E-state index contributed by atoms with van der Waals surface area (Å²) in [7, 11) is 0. The molecule has 1 heteroatoms. The van der Waals surface area contributed by atoms with Gasteiger partial charge in [0.25, 0.3) is 0 Å². The lowest BCUT2D eigenvalue weighted by Crippen LogP contribution is -2.65. The minimum absolute atomic E-state index is 0.669. The SMILES string of the molecule is NCC12CC(C3CC3)(C1)C2. The first-order valence-electron chi connectivity index (χ1n) is 4.49. The molecule has 0 radical (unpaired) electrons. The lowest BCUT2D eigenvalue weighted by Gasteiger charge is -2.71. The van der Waals surface area contributed by atoms with Gasteiger partial charge in [-0.1, -0.05) is 0 Å². The van der Waals surface area contributed by atoms with E-state index in [1.54, 1.807) is 0 Å². The second-order valence-corrected chi connectivity index (χ2v) is 4.87. The fraction of sp³-hybridized carbons (Fsp3) is 1.00. The molecule has 2 bridgehead atoms. The van der Waals surface area contributed by atoms with Crippen LogP contribution in [0.4, 0.5) is 0 Å². The fourth-order valence-electron chi connectivity index (χ4n) is 3.43. The summed E-state index contributed by atoms with van der Waals surface area (Å²) in [6.45, 7) is 0.960. The van der Waals surface area contributed by atoms with Crippen molar-refractivity contribution in [2.24, 2.45) is 22.5 Å². The van der Waals surface area contributed by atoms with Crippen LogP contribution >= 0.6 is 0 Å². The van der Waals surface area contributed by atoms with Crippen LogP contribution in [0.25, 0.3) is 0 Å². The Morgan fingerprint density at radius 3 is 2.20 bits per heavy atom. The average molecular weight is 137 g/mol. The molecule has 0 aliphatic heterocycles. The van der Waals surface area contributed by atoms with E-state index in [1.807, 2.05) is 0 Å².